The number of rotatable bonds is 9. The lowest BCUT2D eigenvalue weighted by molar-refractivity contribution is 0.249. The molecular formula is C22H26N2O2. The molecule has 0 unspecified atom stereocenters. The van der Waals surface area contributed by atoms with Gasteiger partial charge in [-0.05, 0) is 55.4 Å². The van der Waals surface area contributed by atoms with Crippen LogP contribution in [0.1, 0.15) is 31.7 Å². The van der Waals surface area contributed by atoms with Crippen LogP contribution < -0.4 is 4.74 Å². The van der Waals surface area contributed by atoms with Gasteiger partial charge in [-0.3, -0.25) is 0 Å². The van der Waals surface area contributed by atoms with Crippen LogP contribution in [-0.4, -0.2) is 36.1 Å². The van der Waals surface area contributed by atoms with Crippen molar-refractivity contribution in [2.75, 3.05) is 26.2 Å². The first kappa shape index (κ1) is 18.2. The Balaban J connectivity index is 1.51. The average Bonchev–Trinajstić information content (AvgIpc) is 3.10. The molecule has 0 bridgehead atoms. The standard InChI is InChI=1S/C22H26N2O2/c1-3-24(4-2)16-7-17-25-19-13-10-18(11-14-19)12-15-22-23-20-8-5-6-9-21(20)26-22/h5-6,8-15H,3-4,7,16-17H2,1-2H3/b15-12+. The summed E-state index contributed by atoms with van der Waals surface area (Å²) >= 11 is 0. The number of aromatic nitrogens is 1. The molecule has 136 valence electrons. The third-order valence-corrected chi connectivity index (χ3v) is 4.39. The minimum atomic E-state index is 0.614. The Morgan fingerprint density at radius 1 is 1.00 bits per heavy atom. The van der Waals surface area contributed by atoms with Gasteiger partial charge in [-0.25, -0.2) is 4.98 Å². The Morgan fingerprint density at radius 2 is 1.77 bits per heavy atom. The van der Waals surface area contributed by atoms with Crippen LogP contribution in [0.25, 0.3) is 23.3 Å². The third kappa shape index (κ3) is 4.96. The quantitative estimate of drug-likeness (QED) is 0.503. The highest BCUT2D eigenvalue weighted by atomic mass is 16.5. The van der Waals surface area contributed by atoms with E-state index in [2.05, 4.69) is 23.7 Å². The highest BCUT2D eigenvalue weighted by Crippen LogP contribution is 2.18. The number of hydrogen-bond donors (Lipinski definition) is 0. The molecule has 0 saturated carbocycles. The van der Waals surface area contributed by atoms with Crippen molar-refractivity contribution in [3.63, 3.8) is 0 Å². The molecule has 4 nitrogen and oxygen atoms in total. The van der Waals surface area contributed by atoms with Crippen molar-refractivity contribution >= 4 is 23.3 Å². The summed E-state index contributed by atoms with van der Waals surface area (Å²) in [4.78, 5) is 6.85. The summed E-state index contributed by atoms with van der Waals surface area (Å²) in [6.45, 7) is 8.40. The van der Waals surface area contributed by atoms with Gasteiger partial charge in [-0.1, -0.05) is 38.1 Å². The first-order chi connectivity index (χ1) is 12.8. The van der Waals surface area contributed by atoms with Gasteiger partial charge in [-0.15, -0.1) is 0 Å². The zero-order chi connectivity index (χ0) is 18.2. The van der Waals surface area contributed by atoms with Gasteiger partial charge in [0, 0.05) is 12.6 Å². The molecule has 1 aromatic heterocycles. The molecular weight excluding hydrogens is 324 g/mol. The van der Waals surface area contributed by atoms with Gasteiger partial charge in [-0.2, -0.15) is 0 Å². The van der Waals surface area contributed by atoms with Crippen molar-refractivity contribution in [3.8, 4) is 5.75 Å². The molecule has 0 aliphatic rings. The van der Waals surface area contributed by atoms with Crippen molar-refractivity contribution in [1.82, 2.24) is 9.88 Å². The SMILES string of the molecule is CCN(CC)CCCOc1ccc(/C=C/c2nc3ccccc3o2)cc1. The van der Waals surface area contributed by atoms with Crippen LogP contribution in [0.3, 0.4) is 0 Å². The molecule has 1 heterocycles. The topological polar surface area (TPSA) is 38.5 Å². The second kappa shape index (κ2) is 9.20. The number of benzene rings is 2. The molecule has 0 N–H and O–H groups in total. The lowest BCUT2D eigenvalue weighted by Gasteiger charge is -2.17. The Hall–Kier alpha value is -2.59. The molecule has 26 heavy (non-hydrogen) atoms. The molecule has 0 amide bonds. The van der Waals surface area contributed by atoms with Crippen molar-refractivity contribution in [3.05, 3.63) is 60.0 Å². The second-order valence-electron chi connectivity index (χ2n) is 6.15. The Morgan fingerprint density at radius 3 is 2.50 bits per heavy atom. The van der Waals surface area contributed by atoms with Crippen LogP contribution in [0.2, 0.25) is 0 Å². The van der Waals surface area contributed by atoms with E-state index in [9.17, 15) is 0 Å². The van der Waals surface area contributed by atoms with Gasteiger partial charge in [0.25, 0.3) is 0 Å². The Labute approximate surface area is 155 Å². The molecule has 0 saturated heterocycles. The predicted molar refractivity (Wildman–Crippen MR) is 107 cm³/mol. The van der Waals surface area contributed by atoms with E-state index in [0.717, 1.165) is 55.1 Å². The van der Waals surface area contributed by atoms with E-state index in [1.807, 2.05) is 60.7 Å². The van der Waals surface area contributed by atoms with Crippen molar-refractivity contribution in [1.29, 1.82) is 0 Å². The molecule has 0 aliphatic carbocycles. The van der Waals surface area contributed by atoms with E-state index >= 15 is 0 Å². The van der Waals surface area contributed by atoms with Gasteiger partial charge in [0.2, 0.25) is 5.89 Å². The lowest BCUT2D eigenvalue weighted by Crippen LogP contribution is -2.25. The van der Waals surface area contributed by atoms with Crippen molar-refractivity contribution < 1.29 is 9.15 Å². The molecule has 3 aromatic rings. The maximum atomic E-state index is 5.82. The first-order valence-corrected chi connectivity index (χ1v) is 9.27. The van der Waals surface area contributed by atoms with E-state index in [1.165, 1.54) is 0 Å². The molecule has 0 spiro atoms. The number of oxazole rings is 1. The normalized spacial score (nSPS) is 11.7. The second-order valence-corrected chi connectivity index (χ2v) is 6.15. The van der Waals surface area contributed by atoms with Crippen LogP contribution in [0.15, 0.2) is 52.9 Å². The molecule has 0 fully saturated rings. The minimum Gasteiger partial charge on any atom is -0.494 e. The summed E-state index contributed by atoms with van der Waals surface area (Å²) in [5.41, 5.74) is 2.77. The highest BCUT2D eigenvalue weighted by Gasteiger charge is 2.02. The predicted octanol–water partition coefficient (Wildman–Crippen LogP) is 5.11. The monoisotopic (exact) mass is 350 g/mol. The van der Waals surface area contributed by atoms with Crippen LogP contribution in [0, 0.1) is 0 Å². The van der Waals surface area contributed by atoms with Crippen molar-refractivity contribution in [2.24, 2.45) is 0 Å². The fraction of sp³-hybridized carbons (Fsp3) is 0.318. The molecule has 2 aromatic carbocycles. The minimum absolute atomic E-state index is 0.614. The largest absolute Gasteiger partial charge is 0.494 e. The lowest BCUT2D eigenvalue weighted by atomic mass is 10.2. The molecule has 0 atom stereocenters. The number of para-hydroxylation sites is 2. The van der Waals surface area contributed by atoms with E-state index < -0.39 is 0 Å². The number of fused-ring (bicyclic) bond motifs is 1. The van der Waals surface area contributed by atoms with Crippen LogP contribution >= 0.6 is 0 Å². The molecule has 3 rings (SSSR count). The number of ether oxygens (including phenoxy) is 1. The summed E-state index contributed by atoms with van der Waals surface area (Å²) in [6, 6.07) is 15.9. The van der Waals surface area contributed by atoms with E-state index in [4.69, 9.17) is 9.15 Å². The van der Waals surface area contributed by atoms with E-state index in [1.54, 1.807) is 0 Å². The first-order valence-electron chi connectivity index (χ1n) is 9.27. The maximum Gasteiger partial charge on any atom is 0.220 e. The van der Waals surface area contributed by atoms with Crippen LogP contribution in [0.4, 0.5) is 0 Å². The number of nitrogens with zero attached hydrogens (tertiary/aromatic N) is 2. The molecule has 0 radical (unpaired) electrons. The zero-order valence-electron chi connectivity index (χ0n) is 15.5. The summed E-state index contributed by atoms with van der Waals surface area (Å²) in [5.74, 6) is 1.52. The van der Waals surface area contributed by atoms with Gasteiger partial charge in [0.1, 0.15) is 11.3 Å². The highest BCUT2D eigenvalue weighted by molar-refractivity contribution is 5.75. The van der Waals surface area contributed by atoms with E-state index in [0.29, 0.717) is 5.89 Å². The van der Waals surface area contributed by atoms with Crippen LogP contribution in [-0.2, 0) is 0 Å². The van der Waals surface area contributed by atoms with Crippen molar-refractivity contribution in [2.45, 2.75) is 20.3 Å². The van der Waals surface area contributed by atoms with Gasteiger partial charge in [0.15, 0.2) is 5.58 Å². The fourth-order valence-corrected chi connectivity index (χ4v) is 2.82. The van der Waals surface area contributed by atoms with Crippen LogP contribution in [0.5, 0.6) is 5.75 Å². The zero-order valence-corrected chi connectivity index (χ0v) is 15.5. The fourth-order valence-electron chi connectivity index (χ4n) is 2.82. The summed E-state index contributed by atoms with van der Waals surface area (Å²) in [7, 11) is 0. The van der Waals surface area contributed by atoms with E-state index in [-0.39, 0.29) is 0 Å². The van der Waals surface area contributed by atoms with Gasteiger partial charge < -0.3 is 14.1 Å². The summed E-state index contributed by atoms with van der Waals surface area (Å²) in [5, 5.41) is 0. The number of hydrogen-bond acceptors (Lipinski definition) is 4. The molecule has 4 heteroatoms. The smallest absolute Gasteiger partial charge is 0.220 e. The third-order valence-electron chi connectivity index (χ3n) is 4.39. The maximum absolute atomic E-state index is 5.82. The van der Waals surface area contributed by atoms with Gasteiger partial charge in [0.05, 0.1) is 6.61 Å². The Kier molecular flexibility index (Phi) is 6.45. The summed E-state index contributed by atoms with van der Waals surface area (Å²) in [6.07, 6.45) is 4.93. The van der Waals surface area contributed by atoms with Gasteiger partial charge >= 0.3 is 0 Å². The molecule has 0 aliphatic heterocycles. The average molecular weight is 350 g/mol. The summed E-state index contributed by atoms with van der Waals surface area (Å²) < 4.78 is 11.5. The Bertz CT molecular complexity index is 800.